The second kappa shape index (κ2) is 11.1. The number of hydrogen-bond donors (Lipinski definition) is 1. The van der Waals surface area contributed by atoms with Crippen LogP contribution in [0.5, 0.6) is 11.5 Å². The van der Waals surface area contributed by atoms with Gasteiger partial charge in [0.05, 0.1) is 10.6 Å². The molecule has 0 spiro atoms. The van der Waals surface area contributed by atoms with Gasteiger partial charge in [-0.1, -0.05) is 12.1 Å². The lowest BCUT2D eigenvalue weighted by atomic mass is 9.97. The number of fused-ring (bicyclic) bond motifs is 1. The van der Waals surface area contributed by atoms with Crippen LogP contribution in [0.2, 0.25) is 0 Å². The zero-order chi connectivity index (χ0) is 24.9. The minimum atomic E-state index is -0.205. The van der Waals surface area contributed by atoms with Gasteiger partial charge in [-0.3, -0.25) is 9.59 Å². The molecule has 10 heteroatoms. The number of piperidine rings is 1. The molecule has 36 heavy (non-hydrogen) atoms. The number of thioether (sulfide) groups is 1. The van der Waals surface area contributed by atoms with Crippen molar-refractivity contribution in [3.8, 4) is 11.5 Å². The highest BCUT2D eigenvalue weighted by atomic mass is 32.2. The Kier molecular flexibility index (Phi) is 7.52. The summed E-state index contributed by atoms with van der Waals surface area (Å²) in [6, 6.07) is 9.25. The van der Waals surface area contributed by atoms with E-state index in [1.807, 2.05) is 29.2 Å². The maximum atomic E-state index is 13.1. The van der Waals surface area contributed by atoms with Crippen molar-refractivity contribution in [2.45, 2.75) is 30.3 Å². The third-order valence-electron chi connectivity index (χ3n) is 6.12. The summed E-state index contributed by atoms with van der Waals surface area (Å²) in [5, 5.41) is 6.41. The molecule has 0 atom stereocenters. The predicted octanol–water partition coefficient (Wildman–Crippen LogP) is 4.49. The molecule has 5 rings (SSSR count). The zero-order valence-corrected chi connectivity index (χ0v) is 21.3. The maximum absolute atomic E-state index is 13.1. The number of nitrogens with zero attached hydrogens (tertiary/aromatic N) is 3. The van der Waals surface area contributed by atoms with Gasteiger partial charge < -0.3 is 19.7 Å². The molecule has 2 aliphatic heterocycles. The van der Waals surface area contributed by atoms with E-state index >= 15 is 0 Å². The summed E-state index contributed by atoms with van der Waals surface area (Å²) in [4.78, 5) is 36.7. The molecule has 2 aromatic heterocycles. The minimum Gasteiger partial charge on any atom is -0.454 e. The first kappa shape index (κ1) is 24.3. The van der Waals surface area contributed by atoms with Gasteiger partial charge in [-0.05, 0) is 42.7 Å². The minimum absolute atomic E-state index is 0.0100. The summed E-state index contributed by atoms with van der Waals surface area (Å²) in [6.07, 6.45) is 5.14. The van der Waals surface area contributed by atoms with Crippen LogP contribution in [0, 0.1) is 0 Å². The van der Waals surface area contributed by atoms with Gasteiger partial charge in [0, 0.05) is 42.9 Å². The van der Waals surface area contributed by atoms with E-state index in [9.17, 15) is 9.59 Å². The number of carbonyl (C=O) groups is 2. The lowest BCUT2D eigenvalue weighted by Gasteiger charge is -2.31. The molecule has 1 N–H and O–H groups in total. The average molecular weight is 523 g/mol. The first-order valence-corrected chi connectivity index (χ1v) is 13.6. The number of pyridine rings is 1. The number of carbonyl (C=O) groups excluding carboxylic acids is 2. The van der Waals surface area contributed by atoms with E-state index < -0.39 is 0 Å². The molecule has 2 amide bonds. The number of aromatic nitrogens is 2. The van der Waals surface area contributed by atoms with Crippen molar-refractivity contribution in [1.82, 2.24) is 20.2 Å². The molecule has 0 unspecified atom stereocenters. The van der Waals surface area contributed by atoms with Gasteiger partial charge in [0.1, 0.15) is 10.7 Å². The molecule has 2 aliphatic rings. The first-order valence-electron chi connectivity index (χ1n) is 11.7. The predicted molar refractivity (Wildman–Crippen MR) is 139 cm³/mol. The summed E-state index contributed by atoms with van der Waals surface area (Å²) in [7, 11) is 0. The second-order valence-electron chi connectivity index (χ2n) is 8.46. The maximum Gasteiger partial charge on any atom is 0.271 e. The lowest BCUT2D eigenvalue weighted by Crippen LogP contribution is -2.38. The van der Waals surface area contributed by atoms with Crippen LogP contribution in [-0.2, 0) is 6.54 Å². The smallest absolute Gasteiger partial charge is 0.271 e. The second-order valence-corrected chi connectivity index (χ2v) is 10.4. The van der Waals surface area contributed by atoms with E-state index in [1.54, 1.807) is 23.7 Å². The summed E-state index contributed by atoms with van der Waals surface area (Å²) in [5.41, 5.74) is 1.99. The van der Waals surface area contributed by atoms with Crippen molar-refractivity contribution in [3.63, 3.8) is 0 Å². The van der Waals surface area contributed by atoms with E-state index in [2.05, 4.69) is 21.9 Å². The molecule has 4 heterocycles. The Labute approximate surface area is 217 Å². The molecule has 0 saturated carbocycles. The van der Waals surface area contributed by atoms with E-state index in [0.29, 0.717) is 42.4 Å². The van der Waals surface area contributed by atoms with Crippen LogP contribution in [0.15, 0.2) is 59.6 Å². The number of nitrogens with one attached hydrogen (secondary N) is 1. The monoisotopic (exact) mass is 522 g/mol. The van der Waals surface area contributed by atoms with Crippen LogP contribution in [0.3, 0.4) is 0 Å². The molecule has 1 fully saturated rings. The Balaban J connectivity index is 1.15. The van der Waals surface area contributed by atoms with Crippen molar-refractivity contribution in [3.05, 3.63) is 76.4 Å². The fourth-order valence-corrected chi connectivity index (χ4v) is 5.90. The number of thiazole rings is 1. The molecule has 3 aromatic rings. The summed E-state index contributed by atoms with van der Waals surface area (Å²) in [6.45, 7) is 5.64. The number of likely N-dealkylation sites (tertiary alicyclic amines) is 1. The zero-order valence-electron chi connectivity index (χ0n) is 19.6. The van der Waals surface area contributed by atoms with Crippen molar-refractivity contribution >= 4 is 34.9 Å². The third kappa shape index (κ3) is 5.39. The molecule has 8 nitrogen and oxygen atoms in total. The SMILES string of the molecule is C=CCSc1ncccc1C(=O)N1CCC(c2nc(C(=O)NCc3ccc4c(c3)OCO4)cs2)CC1. The summed E-state index contributed by atoms with van der Waals surface area (Å²) in [5.74, 6) is 2.15. The first-order chi connectivity index (χ1) is 17.6. The highest BCUT2D eigenvalue weighted by Gasteiger charge is 2.28. The van der Waals surface area contributed by atoms with Crippen LogP contribution >= 0.6 is 23.1 Å². The van der Waals surface area contributed by atoms with Crippen molar-refractivity contribution in [2.75, 3.05) is 25.6 Å². The standard InChI is InChI=1S/C26H26N4O4S2/c1-2-12-35-25-19(4-3-9-27-25)26(32)30-10-7-18(8-11-30)24-29-20(15-36-24)23(31)28-14-17-5-6-21-22(13-17)34-16-33-21/h2-6,9,13,15,18H,1,7-8,10-12,14,16H2,(H,28,31). The summed E-state index contributed by atoms with van der Waals surface area (Å²) >= 11 is 3.02. The van der Waals surface area contributed by atoms with Crippen LogP contribution < -0.4 is 14.8 Å². The van der Waals surface area contributed by atoms with E-state index in [-0.39, 0.29) is 24.5 Å². The topological polar surface area (TPSA) is 93.7 Å². The number of benzene rings is 1. The molecular formula is C26H26N4O4S2. The third-order valence-corrected chi connectivity index (χ3v) is 8.12. The van der Waals surface area contributed by atoms with Crippen LogP contribution in [0.1, 0.15) is 50.2 Å². The normalized spacial score (nSPS) is 15.1. The van der Waals surface area contributed by atoms with Gasteiger partial charge in [-0.15, -0.1) is 29.7 Å². The van der Waals surface area contributed by atoms with E-state index in [1.165, 1.54) is 23.1 Å². The average Bonchev–Trinajstić information content (AvgIpc) is 3.60. The van der Waals surface area contributed by atoms with Crippen molar-refractivity contribution < 1.29 is 19.1 Å². The van der Waals surface area contributed by atoms with Gasteiger partial charge in [0.25, 0.3) is 11.8 Å². The number of rotatable bonds is 8. The van der Waals surface area contributed by atoms with Crippen molar-refractivity contribution in [1.29, 1.82) is 0 Å². The van der Waals surface area contributed by atoms with Gasteiger partial charge in [0.2, 0.25) is 6.79 Å². The van der Waals surface area contributed by atoms with Gasteiger partial charge in [-0.25, -0.2) is 9.97 Å². The highest BCUT2D eigenvalue weighted by molar-refractivity contribution is 7.99. The quantitative estimate of drug-likeness (QED) is 0.344. The van der Waals surface area contributed by atoms with Crippen LogP contribution in [0.25, 0.3) is 0 Å². The Morgan fingerprint density at radius 2 is 2.06 bits per heavy atom. The van der Waals surface area contributed by atoms with Crippen molar-refractivity contribution in [2.24, 2.45) is 0 Å². The lowest BCUT2D eigenvalue weighted by molar-refractivity contribution is 0.0708. The Bertz CT molecular complexity index is 1270. The molecule has 1 saturated heterocycles. The Morgan fingerprint density at radius 1 is 1.22 bits per heavy atom. The Morgan fingerprint density at radius 3 is 2.89 bits per heavy atom. The summed E-state index contributed by atoms with van der Waals surface area (Å²) < 4.78 is 10.7. The molecule has 0 radical (unpaired) electrons. The van der Waals surface area contributed by atoms with Gasteiger partial charge in [0.15, 0.2) is 11.5 Å². The molecule has 0 bridgehead atoms. The fraction of sp³-hybridized carbons (Fsp3) is 0.308. The molecular weight excluding hydrogens is 496 g/mol. The molecule has 1 aromatic carbocycles. The van der Waals surface area contributed by atoms with Gasteiger partial charge in [-0.2, -0.15) is 0 Å². The van der Waals surface area contributed by atoms with E-state index in [0.717, 1.165) is 34.2 Å². The largest absolute Gasteiger partial charge is 0.454 e. The number of hydrogen-bond acceptors (Lipinski definition) is 8. The van der Waals surface area contributed by atoms with Crippen LogP contribution in [0.4, 0.5) is 0 Å². The molecule has 0 aliphatic carbocycles. The Hall–Kier alpha value is -3.37. The molecule has 186 valence electrons. The van der Waals surface area contributed by atoms with Crippen LogP contribution in [-0.4, -0.2) is 52.3 Å². The number of ether oxygens (including phenoxy) is 2. The fourth-order valence-electron chi connectivity index (χ4n) is 4.21. The van der Waals surface area contributed by atoms with E-state index in [4.69, 9.17) is 9.47 Å². The highest BCUT2D eigenvalue weighted by Crippen LogP contribution is 2.33. The number of amides is 2. The van der Waals surface area contributed by atoms with Gasteiger partial charge >= 0.3 is 0 Å².